The van der Waals surface area contributed by atoms with Crippen LogP contribution in [-0.4, -0.2) is 42.7 Å². The molecule has 0 saturated heterocycles. The Bertz CT molecular complexity index is 1440. The molecule has 0 aromatic heterocycles. The molecule has 4 aromatic carbocycles. The number of rotatable bonds is 10. The Morgan fingerprint density at radius 1 is 0.475 bits per heavy atom. The van der Waals surface area contributed by atoms with Gasteiger partial charge in [-0.1, -0.05) is 30.3 Å². The Hall–Kier alpha value is -4.32. The predicted octanol–water partition coefficient (Wildman–Crippen LogP) is 6.99. The van der Waals surface area contributed by atoms with Crippen molar-refractivity contribution >= 4 is 0 Å². The van der Waals surface area contributed by atoms with Crippen molar-refractivity contribution in [2.75, 3.05) is 42.7 Å². The Labute approximate surface area is 236 Å². The third kappa shape index (κ3) is 5.02. The topological polar surface area (TPSA) is 55.4 Å². The van der Waals surface area contributed by atoms with Gasteiger partial charge in [0, 0.05) is 11.8 Å². The third-order valence-electron chi connectivity index (χ3n) is 8.00. The second-order valence-corrected chi connectivity index (χ2v) is 9.89. The predicted molar refractivity (Wildman–Crippen MR) is 156 cm³/mol. The molecule has 0 amide bonds. The van der Waals surface area contributed by atoms with Gasteiger partial charge in [-0.3, -0.25) is 0 Å². The quantitative estimate of drug-likeness (QED) is 0.216. The molecule has 0 heterocycles. The van der Waals surface area contributed by atoms with E-state index in [4.69, 9.17) is 28.4 Å². The fourth-order valence-electron chi connectivity index (χ4n) is 6.06. The summed E-state index contributed by atoms with van der Waals surface area (Å²) in [6.07, 6.45) is 0.840. The van der Waals surface area contributed by atoms with Gasteiger partial charge in [0.15, 0.2) is 23.0 Å². The first-order valence-electron chi connectivity index (χ1n) is 13.3. The van der Waals surface area contributed by atoms with Gasteiger partial charge in [0.05, 0.1) is 42.7 Å². The van der Waals surface area contributed by atoms with Crippen LogP contribution in [0.3, 0.4) is 0 Å². The van der Waals surface area contributed by atoms with Gasteiger partial charge in [0.1, 0.15) is 11.5 Å². The number of fused-ring (bicyclic) bond motifs is 1. The van der Waals surface area contributed by atoms with Crippen LogP contribution in [0.1, 0.15) is 45.6 Å². The standard InChI is InChI=1S/C34H36O6/c1-35-24-12-7-21(8-13-24)17-27-26-19-31(39-5)32(40-6)20-28(26)34(23-11-16-29(37-3)30(18-23)38-4)33(27)22-9-14-25(36-2)15-10-22/h7-16,18-20,27,33-34H,17H2,1-6H3/t27-,33+,34+/m1/s1. The molecular formula is C34H36O6. The first kappa shape index (κ1) is 27.3. The van der Waals surface area contributed by atoms with Crippen LogP contribution in [-0.2, 0) is 6.42 Å². The highest BCUT2D eigenvalue weighted by atomic mass is 16.5. The molecule has 3 atom stereocenters. The lowest BCUT2D eigenvalue weighted by atomic mass is 9.76. The zero-order valence-corrected chi connectivity index (χ0v) is 23.9. The third-order valence-corrected chi connectivity index (χ3v) is 8.00. The molecule has 0 spiro atoms. The molecule has 1 aliphatic carbocycles. The molecule has 4 aromatic rings. The Morgan fingerprint density at radius 3 is 1.52 bits per heavy atom. The van der Waals surface area contributed by atoms with Crippen LogP contribution in [0.15, 0.2) is 78.9 Å². The average Bonchev–Trinajstić information content (AvgIpc) is 3.32. The van der Waals surface area contributed by atoms with Crippen molar-refractivity contribution in [2.24, 2.45) is 0 Å². The molecule has 0 fully saturated rings. The van der Waals surface area contributed by atoms with Crippen LogP contribution in [0.4, 0.5) is 0 Å². The average molecular weight is 541 g/mol. The zero-order valence-electron chi connectivity index (χ0n) is 23.9. The Kier molecular flexibility index (Phi) is 8.06. The smallest absolute Gasteiger partial charge is 0.161 e. The largest absolute Gasteiger partial charge is 0.497 e. The molecule has 40 heavy (non-hydrogen) atoms. The summed E-state index contributed by atoms with van der Waals surface area (Å²) in [5, 5.41) is 0. The van der Waals surface area contributed by atoms with Crippen molar-refractivity contribution in [2.45, 2.75) is 24.2 Å². The first-order chi connectivity index (χ1) is 19.5. The van der Waals surface area contributed by atoms with Crippen LogP contribution < -0.4 is 28.4 Å². The molecule has 5 rings (SSSR count). The molecule has 1 aliphatic rings. The van der Waals surface area contributed by atoms with Crippen molar-refractivity contribution in [1.29, 1.82) is 0 Å². The van der Waals surface area contributed by atoms with Crippen LogP contribution in [0.2, 0.25) is 0 Å². The monoisotopic (exact) mass is 540 g/mol. The second kappa shape index (κ2) is 11.8. The fraction of sp³-hybridized carbons (Fsp3) is 0.294. The van der Waals surface area contributed by atoms with E-state index in [9.17, 15) is 0 Å². The van der Waals surface area contributed by atoms with Gasteiger partial charge in [-0.05, 0) is 88.7 Å². The Morgan fingerprint density at radius 2 is 0.975 bits per heavy atom. The highest BCUT2D eigenvalue weighted by Gasteiger charge is 2.43. The molecule has 6 heteroatoms. The van der Waals surface area contributed by atoms with Gasteiger partial charge >= 0.3 is 0 Å². The molecule has 0 radical (unpaired) electrons. The number of hydrogen-bond acceptors (Lipinski definition) is 6. The minimum Gasteiger partial charge on any atom is -0.497 e. The molecule has 0 aliphatic heterocycles. The van der Waals surface area contributed by atoms with E-state index < -0.39 is 0 Å². The molecule has 208 valence electrons. The lowest BCUT2D eigenvalue weighted by Crippen LogP contribution is -2.14. The molecule has 0 N–H and O–H groups in total. The highest BCUT2D eigenvalue weighted by molar-refractivity contribution is 5.60. The van der Waals surface area contributed by atoms with Crippen molar-refractivity contribution < 1.29 is 28.4 Å². The van der Waals surface area contributed by atoms with E-state index in [1.807, 2.05) is 30.3 Å². The lowest BCUT2D eigenvalue weighted by Gasteiger charge is -2.27. The minimum atomic E-state index is 0.0336. The maximum absolute atomic E-state index is 5.78. The van der Waals surface area contributed by atoms with Crippen LogP contribution in [0.25, 0.3) is 0 Å². The van der Waals surface area contributed by atoms with Crippen molar-refractivity contribution in [3.8, 4) is 34.5 Å². The summed E-state index contributed by atoms with van der Waals surface area (Å²) in [5.41, 5.74) is 6.06. The maximum atomic E-state index is 5.78. The number of methoxy groups -OCH3 is 6. The van der Waals surface area contributed by atoms with E-state index in [1.54, 1.807) is 42.7 Å². The summed E-state index contributed by atoms with van der Waals surface area (Å²) >= 11 is 0. The fourth-order valence-corrected chi connectivity index (χ4v) is 6.06. The Balaban J connectivity index is 1.73. The molecule has 0 bridgehead atoms. The number of benzene rings is 4. The number of hydrogen-bond donors (Lipinski definition) is 0. The van der Waals surface area contributed by atoms with Gasteiger partial charge in [-0.2, -0.15) is 0 Å². The van der Waals surface area contributed by atoms with Gasteiger partial charge in [-0.25, -0.2) is 0 Å². The highest BCUT2D eigenvalue weighted by Crippen LogP contribution is 2.58. The lowest BCUT2D eigenvalue weighted by molar-refractivity contribution is 0.353. The summed E-state index contributed by atoms with van der Waals surface area (Å²) in [5.74, 6) is 4.84. The molecule has 0 saturated carbocycles. The van der Waals surface area contributed by atoms with Crippen molar-refractivity contribution in [1.82, 2.24) is 0 Å². The van der Waals surface area contributed by atoms with E-state index in [1.165, 1.54) is 22.3 Å². The minimum absolute atomic E-state index is 0.0336. The summed E-state index contributed by atoms with van der Waals surface area (Å²) in [6, 6.07) is 27.3. The van der Waals surface area contributed by atoms with E-state index in [0.29, 0.717) is 17.2 Å². The van der Waals surface area contributed by atoms with Crippen molar-refractivity contribution in [3.05, 3.63) is 107 Å². The number of ether oxygens (including phenoxy) is 6. The molecular weight excluding hydrogens is 504 g/mol. The first-order valence-corrected chi connectivity index (χ1v) is 13.3. The van der Waals surface area contributed by atoms with Gasteiger partial charge in [0.25, 0.3) is 0 Å². The normalized spacial score (nSPS) is 17.6. The van der Waals surface area contributed by atoms with E-state index in [0.717, 1.165) is 29.2 Å². The van der Waals surface area contributed by atoms with E-state index in [2.05, 4.69) is 48.5 Å². The maximum Gasteiger partial charge on any atom is 0.161 e. The molecule has 6 nitrogen and oxygen atoms in total. The van der Waals surface area contributed by atoms with Crippen molar-refractivity contribution in [3.63, 3.8) is 0 Å². The summed E-state index contributed by atoms with van der Waals surface area (Å²) < 4.78 is 33.7. The van der Waals surface area contributed by atoms with Gasteiger partial charge in [-0.15, -0.1) is 0 Å². The van der Waals surface area contributed by atoms with E-state index in [-0.39, 0.29) is 17.8 Å². The summed E-state index contributed by atoms with van der Waals surface area (Å²) in [7, 11) is 10.1. The van der Waals surface area contributed by atoms with Gasteiger partial charge in [0.2, 0.25) is 0 Å². The second-order valence-electron chi connectivity index (χ2n) is 9.89. The van der Waals surface area contributed by atoms with Crippen LogP contribution >= 0.6 is 0 Å². The summed E-state index contributed by atoms with van der Waals surface area (Å²) in [4.78, 5) is 0. The SMILES string of the molecule is COc1ccc(C[C@@H]2c3cc(OC)c(OC)cc3[C@H](c3ccc(OC)c(OC)c3)[C@H]2c2ccc(OC)cc2)cc1. The van der Waals surface area contributed by atoms with Gasteiger partial charge < -0.3 is 28.4 Å². The van der Waals surface area contributed by atoms with Crippen LogP contribution in [0, 0.1) is 0 Å². The van der Waals surface area contributed by atoms with Crippen LogP contribution in [0.5, 0.6) is 34.5 Å². The molecule has 0 unspecified atom stereocenters. The van der Waals surface area contributed by atoms with E-state index >= 15 is 0 Å². The summed E-state index contributed by atoms with van der Waals surface area (Å²) in [6.45, 7) is 0. The zero-order chi connectivity index (χ0) is 28.2.